The lowest BCUT2D eigenvalue weighted by Crippen LogP contribution is -2.52. The molecule has 4 rings (SSSR count). The van der Waals surface area contributed by atoms with Crippen molar-refractivity contribution in [3.05, 3.63) is 36.9 Å². The minimum atomic E-state index is -1.61. The number of fused-ring (bicyclic) bond motifs is 1. The van der Waals surface area contributed by atoms with E-state index in [1.807, 2.05) is 4.90 Å². The number of carbonyl (C=O) groups excluding carboxylic acids is 6. The molecule has 364 valence electrons. The highest BCUT2D eigenvalue weighted by Gasteiger charge is 2.42. The summed E-state index contributed by atoms with van der Waals surface area (Å²) in [5.41, 5.74) is 1.14. The van der Waals surface area contributed by atoms with E-state index in [1.165, 1.54) is 11.9 Å². The van der Waals surface area contributed by atoms with Crippen LogP contribution in [0, 0.1) is 7.05 Å². The van der Waals surface area contributed by atoms with Crippen molar-refractivity contribution in [1.82, 2.24) is 40.4 Å². The van der Waals surface area contributed by atoms with Gasteiger partial charge in [-0.3, -0.25) is 53.2 Å². The highest BCUT2D eigenvalue weighted by molar-refractivity contribution is 8.00. The number of ether oxygens (including phenoxy) is 2. The number of likely N-dealkylation sites (N-methyl/N-ethyl adjacent to an activating group) is 1. The monoisotopic (exact) mass is 947 g/mol. The van der Waals surface area contributed by atoms with E-state index in [0.717, 1.165) is 24.2 Å². The normalized spacial score (nSPS) is 21.4. The lowest BCUT2D eigenvalue weighted by molar-refractivity contribution is -0.151. The van der Waals surface area contributed by atoms with Crippen LogP contribution in [0.4, 0.5) is 10.5 Å². The van der Waals surface area contributed by atoms with Crippen molar-refractivity contribution in [1.29, 1.82) is 0 Å². The number of unbranched alkanes of at least 4 members (excludes halogenated alkanes) is 1. The van der Waals surface area contributed by atoms with Gasteiger partial charge in [-0.2, -0.15) is 11.8 Å². The molecule has 0 aliphatic carbocycles. The SMILES string of the molecule is [CH]N1CCN(COC=O)CCN(CC(=O)O)C(Cc2ccc(NC(=O)CCC(=O)OCC(NC(=O)CN(C)C(=O)CCCCC3SCC4NC(=O)NC43)C(=O)O)cc2)CN(CC(=O)O)CC1. The number of nitrogens with one attached hydrogen (secondary N) is 4. The van der Waals surface area contributed by atoms with Crippen molar-refractivity contribution < 1.29 is 67.9 Å². The van der Waals surface area contributed by atoms with Gasteiger partial charge in [0.15, 0.2) is 6.04 Å². The van der Waals surface area contributed by atoms with Crippen molar-refractivity contribution in [3.8, 4) is 0 Å². The summed E-state index contributed by atoms with van der Waals surface area (Å²) in [4.78, 5) is 117. The topological polar surface area (TPSA) is 297 Å². The first-order valence-corrected chi connectivity index (χ1v) is 22.7. The molecule has 0 saturated carbocycles. The van der Waals surface area contributed by atoms with Gasteiger partial charge >= 0.3 is 29.9 Å². The van der Waals surface area contributed by atoms with Gasteiger partial charge in [0.2, 0.25) is 17.7 Å². The maximum absolute atomic E-state index is 12.8. The molecule has 1 aromatic carbocycles. The summed E-state index contributed by atoms with van der Waals surface area (Å²) in [6, 6.07) is 4.62. The number of carboxylic acids is 3. The molecule has 3 aliphatic heterocycles. The Balaban J connectivity index is 1.22. The van der Waals surface area contributed by atoms with E-state index in [0.29, 0.717) is 51.2 Å². The molecule has 3 fully saturated rings. The van der Waals surface area contributed by atoms with E-state index in [4.69, 9.17) is 16.5 Å². The van der Waals surface area contributed by atoms with Gasteiger partial charge in [0, 0.05) is 95.5 Å². The van der Waals surface area contributed by atoms with Gasteiger partial charge in [0.05, 0.1) is 38.1 Å². The van der Waals surface area contributed by atoms with Gasteiger partial charge in [0.25, 0.3) is 6.47 Å². The smallest absolute Gasteiger partial charge is 0.329 e. The Kier molecular flexibility index (Phi) is 21.8. The first kappa shape index (κ1) is 53.1. The predicted molar refractivity (Wildman–Crippen MR) is 237 cm³/mol. The molecule has 0 aromatic heterocycles. The Morgan fingerprint density at radius 1 is 0.909 bits per heavy atom. The number of esters is 1. The third-order valence-corrected chi connectivity index (χ3v) is 12.8. The van der Waals surface area contributed by atoms with Gasteiger partial charge in [0.1, 0.15) is 13.3 Å². The molecule has 5 unspecified atom stereocenters. The number of hydrogen-bond donors (Lipinski definition) is 7. The molecule has 23 nitrogen and oxygen atoms in total. The van der Waals surface area contributed by atoms with E-state index < -0.39 is 67.3 Å². The fourth-order valence-electron chi connectivity index (χ4n) is 7.75. The van der Waals surface area contributed by atoms with Gasteiger partial charge < -0.3 is 51.0 Å². The second-order valence-corrected chi connectivity index (χ2v) is 17.7. The molecular weight excluding hydrogens is 887 g/mol. The van der Waals surface area contributed by atoms with E-state index in [1.54, 1.807) is 50.7 Å². The van der Waals surface area contributed by atoms with Crippen LogP contribution in [0.25, 0.3) is 0 Å². The highest BCUT2D eigenvalue weighted by atomic mass is 32.2. The fraction of sp³-hybridized carbons (Fsp3) is 0.619. The number of anilines is 1. The summed E-state index contributed by atoms with van der Waals surface area (Å²) < 4.78 is 10.0. The van der Waals surface area contributed by atoms with Crippen LogP contribution in [0.5, 0.6) is 0 Å². The predicted octanol–water partition coefficient (Wildman–Crippen LogP) is -1.20. The van der Waals surface area contributed by atoms with Crippen LogP contribution in [-0.2, 0) is 54.3 Å². The summed E-state index contributed by atoms with van der Waals surface area (Å²) in [7, 11) is 7.59. The first-order valence-electron chi connectivity index (χ1n) is 21.7. The third-order valence-electron chi connectivity index (χ3n) is 11.3. The molecule has 1 aromatic rings. The van der Waals surface area contributed by atoms with E-state index in [2.05, 4.69) is 21.3 Å². The number of nitrogens with zero attached hydrogens (tertiary/aromatic N) is 5. The van der Waals surface area contributed by atoms with Gasteiger partial charge in [-0.15, -0.1) is 0 Å². The largest absolute Gasteiger partial charge is 0.480 e. The summed E-state index contributed by atoms with van der Waals surface area (Å²) >= 11 is 1.78. The zero-order chi connectivity index (χ0) is 48.2. The maximum Gasteiger partial charge on any atom is 0.329 e. The Morgan fingerprint density at radius 2 is 1.61 bits per heavy atom. The second-order valence-electron chi connectivity index (χ2n) is 16.4. The summed E-state index contributed by atoms with van der Waals surface area (Å²) in [6.07, 6.45) is 1.92. The molecule has 24 heteroatoms. The van der Waals surface area contributed by atoms with Crippen molar-refractivity contribution >= 4 is 71.6 Å². The van der Waals surface area contributed by atoms with Crippen LogP contribution in [-0.4, -0.2) is 215 Å². The molecule has 0 bridgehead atoms. The molecule has 3 aliphatic rings. The summed E-state index contributed by atoms with van der Waals surface area (Å²) in [5.74, 6) is -5.28. The average molecular weight is 948 g/mol. The Hall–Kier alpha value is -5.56. The van der Waals surface area contributed by atoms with Crippen molar-refractivity contribution in [3.63, 3.8) is 0 Å². The molecule has 0 spiro atoms. The van der Waals surface area contributed by atoms with Crippen molar-refractivity contribution in [2.45, 2.75) is 74.4 Å². The summed E-state index contributed by atoms with van der Waals surface area (Å²) in [5, 5.41) is 40.1. The number of hydrogen-bond acceptors (Lipinski definition) is 16. The number of amides is 5. The van der Waals surface area contributed by atoms with Crippen molar-refractivity contribution in [2.24, 2.45) is 0 Å². The fourth-order valence-corrected chi connectivity index (χ4v) is 9.30. The lowest BCUT2D eigenvalue weighted by Gasteiger charge is -2.37. The van der Waals surface area contributed by atoms with Crippen LogP contribution in [0.1, 0.15) is 44.1 Å². The third kappa shape index (κ3) is 18.7. The highest BCUT2D eigenvalue weighted by Crippen LogP contribution is 2.33. The maximum atomic E-state index is 12.8. The van der Waals surface area contributed by atoms with Crippen LogP contribution in [0.2, 0.25) is 0 Å². The lowest BCUT2D eigenvalue weighted by atomic mass is 10.0. The van der Waals surface area contributed by atoms with Crippen LogP contribution in [0.3, 0.4) is 0 Å². The number of urea groups is 1. The second kappa shape index (κ2) is 27.2. The first-order chi connectivity index (χ1) is 31.5. The minimum absolute atomic E-state index is 0.0246. The van der Waals surface area contributed by atoms with Crippen LogP contribution < -0.4 is 21.3 Å². The van der Waals surface area contributed by atoms with Gasteiger partial charge in [-0.05, 0) is 37.0 Å². The molecule has 3 heterocycles. The zero-order valence-corrected chi connectivity index (χ0v) is 37.8. The zero-order valence-electron chi connectivity index (χ0n) is 37.0. The average Bonchev–Trinajstić information content (AvgIpc) is 3.82. The number of thioether (sulfide) groups is 1. The number of benzene rings is 1. The molecular formula is C42H61N9O14S. The van der Waals surface area contributed by atoms with E-state index in [-0.39, 0.29) is 81.6 Å². The molecule has 5 atom stereocenters. The van der Waals surface area contributed by atoms with E-state index in [9.17, 15) is 58.5 Å². The number of carbonyl (C=O) groups is 9. The van der Waals surface area contributed by atoms with Crippen molar-refractivity contribution in [2.75, 3.05) is 96.9 Å². The van der Waals surface area contributed by atoms with Gasteiger partial charge in [-0.25, -0.2) is 9.59 Å². The number of carboxylic acid groups (broad SMARTS) is 3. The molecule has 7 N–H and O–H groups in total. The standard InChI is InChI=1S/C42H61N9O14S/c1-47-13-15-49(26-64-27-52)17-18-51(23-38(58)59)30(20-50(16-14-47)22-37(56)57)19-28-7-9-29(10-8-28)43-34(53)11-12-39(60)65-24-31(41(61)62)44-35(54)21-48(2)36(55)6-4-3-5-33-40-32(25-66-33)45-42(63)46-40/h1,7-10,27,30-33,40H,3-6,11-26H2,2H3,(H,43,53)(H,44,54)(H,56,57)(H,58,59)(H,61,62)(H2,45,46,63). The molecule has 5 amide bonds. The van der Waals surface area contributed by atoms with Crippen LogP contribution >= 0.6 is 11.8 Å². The quantitative estimate of drug-likeness (QED) is 0.0277. The summed E-state index contributed by atoms with van der Waals surface area (Å²) in [6.45, 7) is 0.697. The Labute approximate surface area is 387 Å². The van der Waals surface area contributed by atoms with Crippen LogP contribution in [0.15, 0.2) is 24.3 Å². The number of rotatable bonds is 24. The molecule has 2 radical (unpaired) electrons. The Bertz CT molecular complexity index is 1840. The van der Waals surface area contributed by atoms with E-state index >= 15 is 0 Å². The minimum Gasteiger partial charge on any atom is -0.480 e. The molecule has 3 saturated heterocycles. The number of aliphatic carboxylic acids is 3. The van der Waals surface area contributed by atoms with Gasteiger partial charge in [-0.1, -0.05) is 18.6 Å². The molecule has 66 heavy (non-hydrogen) atoms. The Morgan fingerprint density at radius 3 is 2.29 bits per heavy atom.